The quantitative estimate of drug-likeness (QED) is 0.778. The molecule has 0 saturated heterocycles. The Hall–Kier alpha value is -2.46. The Morgan fingerprint density at radius 2 is 2.08 bits per heavy atom. The molecule has 0 amide bonds. The van der Waals surface area contributed by atoms with E-state index in [1.807, 2.05) is 41.1 Å². The first kappa shape index (κ1) is 15.1. The number of rotatable bonds is 4. The Morgan fingerprint density at radius 3 is 2.92 bits per heavy atom. The molecule has 0 atom stereocenters. The highest BCUT2D eigenvalue weighted by Gasteiger charge is 2.23. The number of nitrogens with zero attached hydrogens (tertiary/aromatic N) is 2. The summed E-state index contributed by atoms with van der Waals surface area (Å²) in [5, 5.41) is 9.01. The Kier molecular flexibility index (Phi) is 3.90. The van der Waals surface area contributed by atoms with Crippen LogP contribution in [-0.4, -0.2) is 23.4 Å². The van der Waals surface area contributed by atoms with E-state index >= 15 is 0 Å². The number of ether oxygens (including phenoxy) is 1. The molecule has 2 heterocycles. The van der Waals surface area contributed by atoms with Gasteiger partial charge in [-0.1, -0.05) is 29.8 Å². The summed E-state index contributed by atoms with van der Waals surface area (Å²) in [5.74, 6) is 1.95. The summed E-state index contributed by atoms with van der Waals surface area (Å²) >= 11 is 6.14. The molecule has 24 heavy (non-hydrogen) atoms. The van der Waals surface area contributed by atoms with Crippen LogP contribution in [0.15, 0.2) is 48.5 Å². The molecule has 1 aliphatic rings. The molecule has 5 heteroatoms. The van der Waals surface area contributed by atoms with Gasteiger partial charge in [0, 0.05) is 23.6 Å². The molecule has 4 rings (SSSR count). The largest absolute Gasteiger partial charge is 0.497 e. The summed E-state index contributed by atoms with van der Waals surface area (Å²) in [6, 6.07) is 15.9. The fraction of sp³-hybridized carbons (Fsp3) is 0.211. The van der Waals surface area contributed by atoms with Crippen molar-refractivity contribution in [3.63, 3.8) is 0 Å². The molecule has 1 aliphatic heterocycles. The first-order valence-electron chi connectivity index (χ1n) is 7.98. The second-order valence-corrected chi connectivity index (χ2v) is 6.31. The molecule has 1 N–H and O–H groups in total. The zero-order valence-corrected chi connectivity index (χ0v) is 14.2. The molecule has 2 aromatic carbocycles. The van der Waals surface area contributed by atoms with Crippen molar-refractivity contribution in [1.82, 2.24) is 9.78 Å². The van der Waals surface area contributed by atoms with Crippen molar-refractivity contribution in [2.75, 3.05) is 19.0 Å². The third kappa shape index (κ3) is 2.74. The lowest BCUT2D eigenvalue weighted by Crippen LogP contribution is -2.05. The Bertz CT molecular complexity index is 888. The summed E-state index contributed by atoms with van der Waals surface area (Å²) < 4.78 is 7.28. The van der Waals surface area contributed by atoms with Gasteiger partial charge in [-0.3, -0.25) is 0 Å². The molecule has 122 valence electrons. The van der Waals surface area contributed by atoms with Crippen LogP contribution in [0.5, 0.6) is 5.75 Å². The molecule has 4 nitrogen and oxygen atoms in total. The predicted octanol–water partition coefficient (Wildman–Crippen LogP) is 4.09. The van der Waals surface area contributed by atoms with Gasteiger partial charge < -0.3 is 10.1 Å². The van der Waals surface area contributed by atoms with E-state index in [1.54, 1.807) is 7.11 Å². The van der Waals surface area contributed by atoms with Gasteiger partial charge in [-0.15, -0.1) is 0 Å². The van der Waals surface area contributed by atoms with Crippen molar-refractivity contribution >= 4 is 17.4 Å². The lowest BCUT2D eigenvalue weighted by Gasteiger charge is -2.06. The molecule has 3 aromatic rings. The van der Waals surface area contributed by atoms with E-state index in [-0.39, 0.29) is 0 Å². The molecule has 0 aliphatic carbocycles. The molecule has 0 fully saturated rings. The van der Waals surface area contributed by atoms with Crippen LogP contribution in [0.25, 0.3) is 5.69 Å². The summed E-state index contributed by atoms with van der Waals surface area (Å²) in [7, 11) is 1.69. The number of benzene rings is 2. The van der Waals surface area contributed by atoms with Crippen LogP contribution in [0.1, 0.15) is 16.8 Å². The highest BCUT2D eigenvalue weighted by atomic mass is 35.5. The average molecular weight is 340 g/mol. The number of halogens is 1. The zero-order valence-electron chi connectivity index (χ0n) is 13.4. The molecule has 0 saturated carbocycles. The first-order chi connectivity index (χ1) is 11.7. The molecular formula is C19H18ClN3O. The molecule has 1 aromatic heterocycles. The lowest BCUT2D eigenvalue weighted by atomic mass is 10.1. The van der Waals surface area contributed by atoms with Crippen LogP contribution in [0.2, 0.25) is 5.02 Å². The number of nitrogens with one attached hydrogen (secondary N) is 1. The van der Waals surface area contributed by atoms with Crippen molar-refractivity contribution in [3.05, 3.63) is 70.4 Å². The van der Waals surface area contributed by atoms with Gasteiger partial charge in [-0.25, -0.2) is 4.68 Å². The van der Waals surface area contributed by atoms with E-state index in [4.69, 9.17) is 21.4 Å². The Morgan fingerprint density at radius 1 is 1.21 bits per heavy atom. The van der Waals surface area contributed by atoms with E-state index < -0.39 is 0 Å². The van der Waals surface area contributed by atoms with Crippen LogP contribution in [0, 0.1) is 0 Å². The monoisotopic (exact) mass is 339 g/mol. The number of methoxy groups -OCH3 is 1. The van der Waals surface area contributed by atoms with Crippen LogP contribution in [0.3, 0.4) is 0 Å². The third-order valence-corrected chi connectivity index (χ3v) is 4.53. The highest BCUT2D eigenvalue weighted by molar-refractivity contribution is 6.30. The summed E-state index contributed by atoms with van der Waals surface area (Å²) in [6.07, 6.45) is 1.78. The van der Waals surface area contributed by atoms with Crippen LogP contribution >= 0.6 is 11.6 Å². The van der Waals surface area contributed by atoms with Gasteiger partial charge in [0.25, 0.3) is 0 Å². The van der Waals surface area contributed by atoms with Gasteiger partial charge in [0.2, 0.25) is 0 Å². The molecule has 0 bridgehead atoms. The Balaban J connectivity index is 1.73. The second kappa shape index (κ2) is 6.21. The van der Waals surface area contributed by atoms with Gasteiger partial charge in [0.05, 0.1) is 18.5 Å². The maximum Gasteiger partial charge on any atom is 0.133 e. The Labute approximate surface area is 146 Å². The van der Waals surface area contributed by atoms with Gasteiger partial charge >= 0.3 is 0 Å². The summed E-state index contributed by atoms with van der Waals surface area (Å²) in [4.78, 5) is 0. The minimum Gasteiger partial charge on any atom is -0.497 e. The highest BCUT2D eigenvalue weighted by Crippen LogP contribution is 2.31. The van der Waals surface area contributed by atoms with E-state index in [2.05, 4.69) is 17.4 Å². The maximum atomic E-state index is 6.14. The molecule has 0 unspecified atom stereocenters. The SMILES string of the molecule is COc1cccc(Cc2nn(-c3cccc(Cl)c3)c3c2CCN3)c1. The van der Waals surface area contributed by atoms with Crippen molar-refractivity contribution < 1.29 is 4.74 Å². The number of hydrogen-bond acceptors (Lipinski definition) is 3. The molecule has 0 spiro atoms. The van der Waals surface area contributed by atoms with Gasteiger partial charge in [-0.05, 0) is 42.3 Å². The topological polar surface area (TPSA) is 39.1 Å². The predicted molar refractivity (Wildman–Crippen MR) is 96.6 cm³/mol. The smallest absolute Gasteiger partial charge is 0.133 e. The van der Waals surface area contributed by atoms with Crippen LogP contribution in [-0.2, 0) is 12.8 Å². The number of hydrogen-bond donors (Lipinski definition) is 1. The summed E-state index contributed by atoms with van der Waals surface area (Å²) in [6.45, 7) is 0.943. The average Bonchev–Trinajstić information content (AvgIpc) is 3.19. The first-order valence-corrected chi connectivity index (χ1v) is 8.36. The van der Waals surface area contributed by atoms with E-state index in [0.717, 1.165) is 42.3 Å². The second-order valence-electron chi connectivity index (χ2n) is 5.87. The van der Waals surface area contributed by atoms with Crippen molar-refractivity contribution in [3.8, 4) is 11.4 Å². The van der Waals surface area contributed by atoms with E-state index in [0.29, 0.717) is 5.02 Å². The van der Waals surface area contributed by atoms with E-state index in [1.165, 1.54) is 11.1 Å². The van der Waals surface area contributed by atoms with Gasteiger partial charge in [-0.2, -0.15) is 5.10 Å². The zero-order chi connectivity index (χ0) is 16.5. The minimum absolute atomic E-state index is 0.712. The molecule has 0 radical (unpaired) electrons. The summed E-state index contributed by atoms with van der Waals surface area (Å²) in [5.41, 5.74) is 4.56. The van der Waals surface area contributed by atoms with E-state index in [9.17, 15) is 0 Å². The van der Waals surface area contributed by atoms with Crippen molar-refractivity contribution in [2.45, 2.75) is 12.8 Å². The number of anilines is 1. The van der Waals surface area contributed by atoms with Crippen molar-refractivity contribution in [2.24, 2.45) is 0 Å². The standard InChI is InChI=1S/C19H18ClN3O/c1-24-16-7-2-4-13(10-16)11-18-17-8-9-21-19(17)23(22-18)15-6-3-5-14(20)12-15/h2-7,10,12,21H,8-9,11H2,1H3. The minimum atomic E-state index is 0.712. The third-order valence-electron chi connectivity index (χ3n) is 4.29. The maximum absolute atomic E-state index is 6.14. The van der Waals surface area contributed by atoms with Crippen LogP contribution in [0.4, 0.5) is 5.82 Å². The number of aromatic nitrogens is 2. The normalized spacial score (nSPS) is 12.8. The number of fused-ring (bicyclic) bond motifs is 1. The van der Waals surface area contributed by atoms with Gasteiger partial charge in [0.1, 0.15) is 11.6 Å². The fourth-order valence-corrected chi connectivity index (χ4v) is 3.34. The van der Waals surface area contributed by atoms with Crippen LogP contribution < -0.4 is 10.1 Å². The molecular weight excluding hydrogens is 322 g/mol. The van der Waals surface area contributed by atoms with Crippen molar-refractivity contribution in [1.29, 1.82) is 0 Å². The fourth-order valence-electron chi connectivity index (χ4n) is 3.16. The lowest BCUT2D eigenvalue weighted by molar-refractivity contribution is 0.414. The van der Waals surface area contributed by atoms with Gasteiger partial charge in [0.15, 0.2) is 0 Å².